The molecule has 0 spiro atoms. The number of para-hydroxylation sites is 1. The minimum absolute atomic E-state index is 0.0452. The van der Waals surface area contributed by atoms with Gasteiger partial charge in [0.25, 0.3) is 11.1 Å². The third kappa shape index (κ3) is 5.01. The van der Waals surface area contributed by atoms with E-state index in [1.807, 2.05) is 54.6 Å². The van der Waals surface area contributed by atoms with Crippen LogP contribution in [0.3, 0.4) is 0 Å². The lowest BCUT2D eigenvalue weighted by molar-refractivity contribution is -0.115. The van der Waals surface area contributed by atoms with E-state index in [0.717, 1.165) is 41.6 Å². The number of amides is 4. The largest absolute Gasteiger partial charge is 0.490 e. The number of rotatable bonds is 4. The summed E-state index contributed by atoms with van der Waals surface area (Å²) in [4.78, 5) is 37.4. The van der Waals surface area contributed by atoms with Gasteiger partial charge in [0.1, 0.15) is 11.9 Å². The fourth-order valence-electron chi connectivity index (χ4n) is 3.31. The number of hydrogen-bond donors (Lipinski definition) is 2. The van der Waals surface area contributed by atoms with Crippen LogP contribution in [0.1, 0.15) is 18.4 Å². The van der Waals surface area contributed by atoms with Gasteiger partial charge in [-0.05, 0) is 47.7 Å². The lowest BCUT2D eigenvalue weighted by atomic mass is 10.1. The van der Waals surface area contributed by atoms with Crippen molar-refractivity contribution in [2.75, 3.05) is 18.4 Å². The summed E-state index contributed by atoms with van der Waals surface area (Å²) in [7, 11) is 0. The molecule has 7 nitrogen and oxygen atoms in total. The number of piperidine rings is 1. The molecule has 154 valence electrons. The van der Waals surface area contributed by atoms with E-state index < -0.39 is 0 Å². The number of imide groups is 1. The Morgan fingerprint density at radius 1 is 1.07 bits per heavy atom. The summed E-state index contributed by atoms with van der Waals surface area (Å²) in [6.45, 7) is 1.27. The Morgan fingerprint density at radius 2 is 1.77 bits per heavy atom. The first kappa shape index (κ1) is 20.0. The van der Waals surface area contributed by atoms with Gasteiger partial charge in [-0.3, -0.25) is 14.9 Å². The summed E-state index contributed by atoms with van der Waals surface area (Å²) >= 11 is 0.897. The molecule has 2 aromatic rings. The molecule has 4 rings (SSSR count). The van der Waals surface area contributed by atoms with Gasteiger partial charge in [0.15, 0.2) is 0 Å². The molecule has 0 radical (unpaired) electrons. The lowest BCUT2D eigenvalue weighted by Gasteiger charge is -2.32. The maximum absolute atomic E-state index is 12.4. The van der Waals surface area contributed by atoms with Crippen LogP contribution in [0.2, 0.25) is 0 Å². The number of likely N-dealkylation sites (tertiary alicyclic amines) is 1. The molecule has 2 N–H and O–H groups in total. The molecule has 2 saturated heterocycles. The second kappa shape index (κ2) is 9.04. The normalized spacial score (nSPS) is 18.4. The van der Waals surface area contributed by atoms with E-state index in [1.54, 1.807) is 11.0 Å². The predicted octanol–water partition coefficient (Wildman–Crippen LogP) is 4.09. The van der Waals surface area contributed by atoms with Gasteiger partial charge in [-0.2, -0.15) is 0 Å². The van der Waals surface area contributed by atoms with Crippen molar-refractivity contribution in [3.63, 3.8) is 0 Å². The predicted molar refractivity (Wildman–Crippen MR) is 116 cm³/mol. The van der Waals surface area contributed by atoms with Crippen molar-refractivity contribution in [3.8, 4) is 5.75 Å². The fourth-order valence-corrected chi connectivity index (χ4v) is 3.99. The molecule has 0 aromatic heterocycles. The van der Waals surface area contributed by atoms with Gasteiger partial charge in [0, 0.05) is 31.6 Å². The van der Waals surface area contributed by atoms with Crippen LogP contribution < -0.4 is 15.4 Å². The van der Waals surface area contributed by atoms with Crippen molar-refractivity contribution in [2.24, 2.45) is 0 Å². The zero-order valence-electron chi connectivity index (χ0n) is 16.2. The van der Waals surface area contributed by atoms with Crippen molar-refractivity contribution in [1.82, 2.24) is 10.2 Å². The monoisotopic (exact) mass is 423 g/mol. The highest BCUT2D eigenvalue weighted by Crippen LogP contribution is 2.26. The second-order valence-electron chi connectivity index (χ2n) is 7.02. The Kier molecular flexibility index (Phi) is 6.04. The van der Waals surface area contributed by atoms with Gasteiger partial charge < -0.3 is 15.0 Å². The second-order valence-corrected chi connectivity index (χ2v) is 8.04. The van der Waals surface area contributed by atoms with Crippen LogP contribution in [-0.2, 0) is 4.79 Å². The van der Waals surface area contributed by atoms with Crippen molar-refractivity contribution in [3.05, 3.63) is 65.1 Å². The number of hydrogen-bond acceptors (Lipinski definition) is 5. The van der Waals surface area contributed by atoms with E-state index in [4.69, 9.17) is 4.74 Å². The molecule has 0 unspecified atom stereocenters. The van der Waals surface area contributed by atoms with Crippen LogP contribution in [0.4, 0.5) is 15.3 Å². The lowest BCUT2D eigenvalue weighted by Crippen LogP contribution is -2.43. The van der Waals surface area contributed by atoms with Crippen molar-refractivity contribution in [2.45, 2.75) is 18.9 Å². The average Bonchev–Trinajstić information content (AvgIpc) is 3.07. The maximum atomic E-state index is 12.4. The Hall–Kier alpha value is -3.26. The van der Waals surface area contributed by atoms with Gasteiger partial charge in [-0.15, -0.1) is 0 Å². The van der Waals surface area contributed by atoms with Crippen LogP contribution >= 0.6 is 11.8 Å². The molecular weight excluding hydrogens is 402 g/mol. The van der Waals surface area contributed by atoms with Gasteiger partial charge in [-0.1, -0.05) is 30.3 Å². The zero-order valence-corrected chi connectivity index (χ0v) is 17.0. The first-order chi connectivity index (χ1) is 14.6. The van der Waals surface area contributed by atoms with Crippen LogP contribution in [0, 0.1) is 0 Å². The Bertz CT molecular complexity index is 968. The number of carbonyl (C=O) groups excluding carboxylic acids is 3. The summed E-state index contributed by atoms with van der Waals surface area (Å²) in [6, 6.07) is 16.7. The maximum Gasteiger partial charge on any atom is 0.321 e. The summed E-state index contributed by atoms with van der Waals surface area (Å²) < 4.78 is 6.05. The van der Waals surface area contributed by atoms with Gasteiger partial charge in [-0.25, -0.2) is 4.79 Å². The molecule has 0 bridgehead atoms. The molecule has 2 fully saturated rings. The molecule has 2 aliphatic rings. The fraction of sp³-hybridized carbons (Fsp3) is 0.227. The van der Waals surface area contributed by atoms with Crippen LogP contribution in [0.15, 0.2) is 59.5 Å². The third-order valence-electron chi connectivity index (χ3n) is 4.88. The number of benzene rings is 2. The van der Waals surface area contributed by atoms with Crippen LogP contribution in [-0.4, -0.2) is 41.3 Å². The molecular formula is C22H21N3O4S. The molecule has 0 atom stereocenters. The number of carbonyl (C=O) groups is 3. The van der Waals surface area contributed by atoms with Gasteiger partial charge in [0.2, 0.25) is 0 Å². The number of ether oxygens (including phenoxy) is 1. The zero-order chi connectivity index (χ0) is 20.9. The Labute approximate surface area is 178 Å². The summed E-state index contributed by atoms with van der Waals surface area (Å²) in [6.07, 6.45) is 3.24. The van der Waals surface area contributed by atoms with E-state index in [0.29, 0.717) is 18.0 Å². The highest BCUT2D eigenvalue weighted by Gasteiger charge is 2.25. The first-order valence-corrected chi connectivity index (χ1v) is 10.5. The Morgan fingerprint density at radius 3 is 2.40 bits per heavy atom. The molecule has 0 saturated carbocycles. The van der Waals surface area contributed by atoms with E-state index >= 15 is 0 Å². The van der Waals surface area contributed by atoms with Crippen molar-refractivity contribution >= 4 is 40.7 Å². The van der Waals surface area contributed by atoms with Gasteiger partial charge in [0.05, 0.1) is 4.91 Å². The summed E-state index contributed by atoms with van der Waals surface area (Å²) in [5.74, 6) is 0.373. The number of nitrogens with zero attached hydrogens (tertiary/aromatic N) is 1. The third-order valence-corrected chi connectivity index (χ3v) is 5.69. The molecule has 8 heteroatoms. The minimum atomic E-state index is -0.367. The topological polar surface area (TPSA) is 87.7 Å². The number of anilines is 1. The van der Waals surface area contributed by atoms with E-state index in [9.17, 15) is 14.4 Å². The smallest absolute Gasteiger partial charge is 0.321 e. The SMILES string of the molecule is O=C1NC(=O)/C(=C\c2ccc(OC3CCN(C(=O)Nc4ccccc4)CC3)cc2)S1. The molecule has 2 heterocycles. The molecule has 2 aromatic carbocycles. The number of urea groups is 1. The first-order valence-electron chi connectivity index (χ1n) is 9.69. The summed E-state index contributed by atoms with van der Waals surface area (Å²) in [5.41, 5.74) is 1.61. The van der Waals surface area contributed by atoms with Crippen molar-refractivity contribution < 1.29 is 19.1 Å². The number of thioether (sulfide) groups is 1. The molecule has 4 amide bonds. The Balaban J connectivity index is 1.27. The van der Waals surface area contributed by atoms with Gasteiger partial charge >= 0.3 is 6.03 Å². The standard InChI is InChI=1S/C22H21N3O4S/c26-20-19(30-22(28)24-20)14-15-6-8-17(9-7-15)29-18-10-12-25(13-11-18)21(27)23-16-4-2-1-3-5-16/h1-9,14,18H,10-13H2,(H,23,27)(H,24,26,28)/b19-14+. The van der Waals surface area contributed by atoms with E-state index in [2.05, 4.69) is 10.6 Å². The summed E-state index contributed by atoms with van der Waals surface area (Å²) in [5, 5.41) is 4.79. The molecule has 2 aliphatic heterocycles. The molecule has 0 aliphatic carbocycles. The highest BCUT2D eigenvalue weighted by molar-refractivity contribution is 8.18. The number of nitrogens with one attached hydrogen (secondary N) is 2. The van der Waals surface area contributed by atoms with E-state index in [-0.39, 0.29) is 23.3 Å². The molecule has 30 heavy (non-hydrogen) atoms. The van der Waals surface area contributed by atoms with Crippen LogP contribution in [0.5, 0.6) is 5.75 Å². The van der Waals surface area contributed by atoms with Crippen molar-refractivity contribution in [1.29, 1.82) is 0 Å². The van der Waals surface area contributed by atoms with E-state index in [1.165, 1.54) is 0 Å². The average molecular weight is 423 g/mol. The highest BCUT2D eigenvalue weighted by atomic mass is 32.2. The quantitative estimate of drug-likeness (QED) is 0.724. The van der Waals surface area contributed by atoms with Crippen LogP contribution in [0.25, 0.3) is 6.08 Å². The minimum Gasteiger partial charge on any atom is -0.490 e.